The summed E-state index contributed by atoms with van der Waals surface area (Å²) in [4.78, 5) is 2.45. The van der Waals surface area contributed by atoms with E-state index in [1.807, 2.05) is 12.1 Å². The van der Waals surface area contributed by atoms with Gasteiger partial charge in [0.25, 0.3) is 0 Å². The minimum Gasteiger partial charge on any atom is -0.462 e. The second-order valence-corrected chi connectivity index (χ2v) is 5.51. The van der Waals surface area contributed by atoms with E-state index in [2.05, 4.69) is 35.2 Å². The van der Waals surface area contributed by atoms with Crippen LogP contribution in [0.5, 0.6) is 0 Å². The Labute approximate surface area is 119 Å². The van der Waals surface area contributed by atoms with Gasteiger partial charge in [-0.05, 0) is 43.0 Å². The van der Waals surface area contributed by atoms with Crippen molar-refractivity contribution in [1.29, 1.82) is 0 Å². The topological polar surface area (TPSA) is 36.6 Å². The van der Waals surface area contributed by atoms with Crippen LogP contribution in [0.2, 0.25) is 0 Å². The van der Waals surface area contributed by atoms with Gasteiger partial charge in [0.2, 0.25) is 0 Å². The Bertz CT molecular complexity index is 535. The third-order valence-electron chi connectivity index (χ3n) is 4.03. The second-order valence-electron chi connectivity index (χ2n) is 5.51. The zero-order valence-electron chi connectivity index (χ0n) is 11.7. The number of nitrogens with zero attached hydrogens (tertiary/aromatic N) is 1. The van der Waals surface area contributed by atoms with E-state index in [1.165, 1.54) is 18.4 Å². The molecule has 1 aromatic carbocycles. The first kappa shape index (κ1) is 13.4. The fraction of sp³-hybridized carbons (Fsp3) is 0.412. The zero-order chi connectivity index (χ0) is 13.8. The van der Waals surface area contributed by atoms with Crippen LogP contribution in [0.25, 0.3) is 0 Å². The molecule has 20 heavy (non-hydrogen) atoms. The molecular weight excluding hydrogens is 250 g/mol. The Kier molecular flexibility index (Phi) is 4.19. The molecule has 0 radical (unpaired) electrons. The van der Waals surface area contributed by atoms with Crippen LogP contribution in [0, 0.1) is 0 Å². The van der Waals surface area contributed by atoms with Crippen molar-refractivity contribution in [2.75, 3.05) is 13.1 Å². The molecule has 1 aromatic heterocycles. The molecule has 1 unspecified atom stereocenters. The van der Waals surface area contributed by atoms with Gasteiger partial charge in [-0.3, -0.25) is 4.90 Å². The van der Waals surface area contributed by atoms with Crippen molar-refractivity contribution in [2.24, 2.45) is 0 Å². The first-order valence-electron chi connectivity index (χ1n) is 7.31. The van der Waals surface area contributed by atoms with Gasteiger partial charge in [0.05, 0.1) is 6.54 Å². The maximum atomic E-state index is 9.04. The Morgan fingerprint density at radius 2 is 1.90 bits per heavy atom. The summed E-state index contributed by atoms with van der Waals surface area (Å²) < 4.78 is 5.58. The van der Waals surface area contributed by atoms with Crippen LogP contribution in [0.3, 0.4) is 0 Å². The lowest BCUT2D eigenvalue weighted by Crippen LogP contribution is -2.33. The van der Waals surface area contributed by atoms with E-state index in [4.69, 9.17) is 9.52 Å². The number of furan rings is 1. The second kappa shape index (κ2) is 6.25. The molecule has 0 amide bonds. The van der Waals surface area contributed by atoms with E-state index < -0.39 is 0 Å². The number of piperidine rings is 1. The number of hydrogen-bond donors (Lipinski definition) is 1. The Hall–Kier alpha value is -1.58. The molecule has 2 aromatic rings. The number of hydrogen-bond acceptors (Lipinski definition) is 3. The van der Waals surface area contributed by atoms with Gasteiger partial charge in [-0.25, -0.2) is 0 Å². The van der Waals surface area contributed by atoms with Crippen molar-refractivity contribution >= 4 is 0 Å². The van der Waals surface area contributed by atoms with Crippen LogP contribution in [0.4, 0.5) is 0 Å². The summed E-state index contributed by atoms with van der Waals surface area (Å²) in [6.07, 6.45) is 2.49. The van der Waals surface area contributed by atoms with Gasteiger partial charge in [-0.1, -0.05) is 30.3 Å². The molecule has 1 fully saturated rings. The summed E-state index contributed by atoms with van der Waals surface area (Å²) in [6, 6.07) is 14.6. The highest BCUT2D eigenvalue weighted by Gasteiger charge is 2.21. The third-order valence-corrected chi connectivity index (χ3v) is 4.03. The van der Waals surface area contributed by atoms with E-state index >= 15 is 0 Å². The average molecular weight is 271 g/mol. The molecule has 3 heteroatoms. The maximum absolute atomic E-state index is 9.04. The van der Waals surface area contributed by atoms with Gasteiger partial charge >= 0.3 is 0 Å². The average Bonchev–Trinajstić information content (AvgIpc) is 2.96. The summed E-state index contributed by atoms with van der Waals surface area (Å²) in [7, 11) is 0. The summed E-state index contributed by atoms with van der Waals surface area (Å²) in [6.45, 7) is 3.02. The Balaban J connectivity index is 1.63. The monoisotopic (exact) mass is 271 g/mol. The molecular formula is C17H21NO2. The van der Waals surface area contributed by atoms with Crippen molar-refractivity contribution in [1.82, 2.24) is 4.90 Å². The highest BCUT2D eigenvalue weighted by Crippen LogP contribution is 2.27. The molecule has 3 nitrogen and oxygen atoms in total. The molecule has 0 spiro atoms. The quantitative estimate of drug-likeness (QED) is 0.928. The fourth-order valence-corrected chi connectivity index (χ4v) is 3.01. The van der Waals surface area contributed by atoms with Crippen LogP contribution >= 0.6 is 0 Å². The molecule has 1 N–H and O–H groups in total. The maximum Gasteiger partial charge on any atom is 0.129 e. The van der Waals surface area contributed by atoms with E-state index in [0.717, 1.165) is 25.4 Å². The van der Waals surface area contributed by atoms with Gasteiger partial charge in [-0.15, -0.1) is 0 Å². The Morgan fingerprint density at radius 3 is 2.65 bits per heavy atom. The number of aliphatic hydroxyl groups is 1. The van der Waals surface area contributed by atoms with Crippen LogP contribution in [-0.4, -0.2) is 23.1 Å². The van der Waals surface area contributed by atoms with Gasteiger partial charge in [0.15, 0.2) is 0 Å². The number of rotatable bonds is 4. The van der Waals surface area contributed by atoms with E-state index in [9.17, 15) is 0 Å². The number of aliphatic hydroxyl groups excluding tert-OH is 1. The van der Waals surface area contributed by atoms with Crippen molar-refractivity contribution in [3.63, 3.8) is 0 Å². The SMILES string of the molecule is OCc1ccc(CN2CCCC(c3ccccc3)C2)o1. The van der Waals surface area contributed by atoms with Crippen LogP contribution in [-0.2, 0) is 13.2 Å². The van der Waals surface area contributed by atoms with Gasteiger partial charge in [0.1, 0.15) is 18.1 Å². The smallest absolute Gasteiger partial charge is 0.129 e. The summed E-state index contributed by atoms with van der Waals surface area (Å²) in [5.41, 5.74) is 1.44. The predicted octanol–water partition coefficient (Wildman–Crippen LogP) is 3.15. The van der Waals surface area contributed by atoms with E-state index in [1.54, 1.807) is 0 Å². The van der Waals surface area contributed by atoms with Crippen LogP contribution in [0.1, 0.15) is 35.8 Å². The molecule has 0 saturated carbocycles. The van der Waals surface area contributed by atoms with E-state index in [0.29, 0.717) is 11.7 Å². The minimum atomic E-state index is -0.0212. The molecule has 2 heterocycles. The van der Waals surface area contributed by atoms with Crippen LogP contribution in [0.15, 0.2) is 46.9 Å². The molecule has 1 saturated heterocycles. The molecule has 1 aliphatic heterocycles. The molecule has 0 bridgehead atoms. The van der Waals surface area contributed by atoms with Crippen molar-refractivity contribution in [3.05, 3.63) is 59.5 Å². The lowest BCUT2D eigenvalue weighted by Gasteiger charge is -2.32. The molecule has 1 aliphatic rings. The van der Waals surface area contributed by atoms with E-state index in [-0.39, 0.29) is 6.61 Å². The molecule has 3 rings (SSSR count). The zero-order valence-corrected chi connectivity index (χ0v) is 11.7. The third kappa shape index (κ3) is 3.11. The molecule has 106 valence electrons. The summed E-state index contributed by atoms with van der Waals surface area (Å²) >= 11 is 0. The van der Waals surface area contributed by atoms with Gasteiger partial charge < -0.3 is 9.52 Å². The normalized spacial score (nSPS) is 20.1. The molecule has 0 aliphatic carbocycles. The highest BCUT2D eigenvalue weighted by molar-refractivity contribution is 5.20. The summed E-state index contributed by atoms with van der Waals surface area (Å²) in [5, 5.41) is 9.04. The van der Waals surface area contributed by atoms with Gasteiger partial charge in [-0.2, -0.15) is 0 Å². The Morgan fingerprint density at radius 1 is 1.10 bits per heavy atom. The largest absolute Gasteiger partial charge is 0.462 e. The fourth-order valence-electron chi connectivity index (χ4n) is 3.01. The standard InChI is InChI=1S/C17H21NO2/c19-13-17-9-8-16(20-17)12-18-10-4-7-15(11-18)14-5-2-1-3-6-14/h1-3,5-6,8-9,15,19H,4,7,10-13H2. The van der Waals surface area contributed by atoms with Crippen molar-refractivity contribution in [2.45, 2.75) is 31.9 Å². The van der Waals surface area contributed by atoms with Gasteiger partial charge in [0, 0.05) is 6.54 Å². The van der Waals surface area contributed by atoms with Crippen molar-refractivity contribution < 1.29 is 9.52 Å². The van der Waals surface area contributed by atoms with Crippen LogP contribution < -0.4 is 0 Å². The summed E-state index contributed by atoms with van der Waals surface area (Å²) in [5.74, 6) is 2.22. The molecule has 1 atom stereocenters. The first-order chi connectivity index (χ1) is 9.85. The lowest BCUT2D eigenvalue weighted by atomic mass is 9.91. The number of likely N-dealkylation sites (tertiary alicyclic amines) is 1. The highest BCUT2D eigenvalue weighted by atomic mass is 16.4. The first-order valence-corrected chi connectivity index (χ1v) is 7.31. The number of benzene rings is 1. The predicted molar refractivity (Wildman–Crippen MR) is 78.3 cm³/mol. The lowest BCUT2D eigenvalue weighted by molar-refractivity contribution is 0.180. The minimum absolute atomic E-state index is 0.0212. The van der Waals surface area contributed by atoms with Crippen molar-refractivity contribution in [3.8, 4) is 0 Å².